The van der Waals surface area contributed by atoms with Gasteiger partial charge in [0.15, 0.2) is 15.6 Å². The molecule has 1 N–H and O–H groups in total. The topological polar surface area (TPSA) is 63.2 Å². The Labute approximate surface area is 159 Å². The van der Waals surface area contributed by atoms with Crippen LogP contribution in [0.15, 0.2) is 40.1 Å². The highest BCUT2D eigenvalue weighted by Gasteiger charge is 2.45. The van der Waals surface area contributed by atoms with Crippen molar-refractivity contribution in [2.24, 2.45) is 0 Å². The number of dihydropyridines is 1. The SMILES string of the molecule is O=C1CCCC2=C1C(c1ccc(C(F)(F)F)c(Cl)c1)C1=C(CCS1(=O)=O)N2. The molecule has 2 heterocycles. The van der Waals surface area contributed by atoms with Gasteiger partial charge in [-0.15, -0.1) is 0 Å². The van der Waals surface area contributed by atoms with Crippen LogP contribution in [-0.2, 0) is 20.8 Å². The second kappa shape index (κ2) is 6.10. The first kappa shape index (κ1) is 18.6. The summed E-state index contributed by atoms with van der Waals surface area (Å²) in [5.74, 6) is -1.17. The van der Waals surface area contributed by atoms with Gasteiger partial charge < -0.3 is 5.32 Å². The van der Waals surface area contributed by atoms with Crippen molar-refractivity contribution in [3.8, 4) is 0 Å². The monoisotopic (exact) mass is 417 g/mol. The molecule has 1 aromatic rings. The molecular formula is C18H15ClF3NO3S. The van der Waals surface area contributed by atoms with Gasteiger partial charge in [-0.25, -0.2) is 8.42 Å². The first-order valence-corrected chi connectivity index (χ1v) is 10.5. The van der Waals surface area contributed by atoms with Crippen molar-refractivity contribution in [1.29, 1.82) is 0 Å². The molecule has 2 aliphatic heterocycles. The first-order chi connectivity index (χ1) is 12.6. The summed E-state index contributed by atoms with van der Waals surface area (Å²) in [6, 6.07) is 3.19. The Morgan fingerprint density at radius 2 is 1.85 bits per heavy atom. The average Bonchev–Trinajstić information content (AvgIpc) is 2.87. The number of ketones is 1. The fourth-order valence-electron chi connectivity index (χ4n) is 4.04. The molecule has 4 rings (SSSR count). The fourth-order valence-corrected chi connectivity index (χ4v) is 6.17. The molecule has 1 aromatic carbocycles. The van der Waals surface area contributed by atoms with E-state index in [1.54, 1.807) is 0 Å². The van der Waals surface area contributed by atoms with Gasteiger partial charge in [-0.1, -0.05) is 17.7 Å². The number of allylic oxidation sites excluding steroid dienone is 4. The van der Waals surface area contributed by atoms with E-state index in [2.05, 4.69) is 5.32 Å². The lowest BCUT2D eigenvalue weighted by Gasteiger charge is -2.33. The van der Waals surface area contributed by atoms with Crippen molar-refractivity contribution in [3.05, 3.63) is 56.2 Å². The van der Waals surface area contributed by atoms with Crippen molar-refractivity contribution in [2.45, 2.75) is 37.8 Å². The zero-order valence-corrected chi connectivity index (χ0v) is 15.6. The zero-order valence-electron chi connectivity index (χ0n) is 14.0. The Hall–Kier alpha value is -1.80. The third-order valence-corrected chi connectivity index (χ3v) is 7.40. The van der Waals surface area contributed by atoms with E-state index in [1.807, 2.05) is 0 Å². The molecule has 9 heteroatoms. The van der Waals surface area contributed by atoms with Gasteiger partial charge in [-0.2, -0.15) is 13.2 Å². The molecule has 0 saturated heterocycles. The Kier molecular flexibility index (Phi) is 4.19. The van der Waals surface area contributed by atoms with Crippen LogP contribution in [0, 0.1) is 0 Å². The van der Waals surface area contributed by atoms with Crippen molar-refractivity contribution in [1.82, 2.24) is 5.32 Å². The van der Waals surface area contributed by atoms with E-state index in [9.17, 15) is 26.4 Å². The summed E-state index contributed by atoms with van der Waals surface area (Å²) in [6.45, 7) is 0. The van der Waals surface area contributed by atoms with Crippen LogP contribution in [0.4, 0.5) is 13.2 Å². The normalized spacial score (nSPS) is 24.6. The smallest absolute Gasteiger partial charge is 0.361 e. The van der Waals surface area contributed by atoms with E-state index < -0.39 is 32.5 Å². The summed E-state index contributed by atoms with van der Waals surface area (Å²) in [7, 11) is -3.60. The number of Topliss-reactive ketones (excluding diaryl/α,β-unsaturated/α-hetero) is 1. The number of sulfone groups is 1. The molecule has 0 aromatic heterocycles. The van der Waals surface area contributed by atoms with Gasteiger partial charge in [0.1, 0.15) is 0 Å². The maximum Gasteiger partial charge on any atom is 0.417 e. The van der Waals surface area contributed by atoms with E-state index in [0.29, 0.717) is 36.2 Å². The highest BCUT2D eigenvalue weighted by molar-refractivity contribution is 7.95. The predicted octanol–water partition coefficient (Wildman–Crippen LogP) is 4.08. The minimum absolute atomic E-state index is 0.0791. The molecule has 0 saturated carbocycles. The van der Waals surface area contributed by atoms with Crippen molar-refractivity contribution < 1.29 is 26.4 Å². The molecule has 0 amide bonds. The van der Waals surface area contributed by atoms with Crippen LogP contribution in [0.3, 0.4) is 0 Å². The van der Waals surface area contributed by atoms with E-state index >= 15 is 0 Å². The highest BCUT2D eigenvalue weighted by atomic mass is 35.5. The van der Waals surface area contributed by atoms with Gasteiger partial charge in [0.25, 0.3) is 0 Å². The van der Waals surface area contributed by atoms with E-state index in [0.717, 1.165) is 12.1 Å². The third-order valence-electron chi connectivity index (χ3n) is 5.19. The molecule has 1 unspecified atom stereocenters. The Morgan fingerprint density at radius 1 is 1.11 bits per heavy atom. The molecule has 3 aliphatic rings. The molecule has 0 fully saturated rings. The molecular weight excluding hydrogens is 403 g/mol. The number of hydrogen-bond donors (Lipinski definition) is 1. The molecule has 144 valence electrons. The van der Waals surface area contributed by atoms with Crippen LogP contribution in [0.1, 0.15) is 42.7 Å². The molecule has 1 atom stereocenters. The maximum atomic E-state index is 13.0. The maximum absolute atomic E-state index is 13.0. The molecule has 0 bridgehead atoms. The molecule has 1 aliphatic carbocycles. The number of carbonyl (C=O) groups excluding carboxylic acids is 1. The van der Waals surface area contributed by atoms with Gasteiger partial charge in [0.2, 0.25) is 0 Å². The number of rotatable bonds is 1. The van der Waals surface area contributed by atoms with Gasteiger partial charge in [0, 0.05) is 29.8 Å². The van der Waals surface area contributed by atoms with Gasteiger partial charge >= 0.3 is 6.18 Å². The second-order valence-electron chi connectivity index (χ2n) is 6.88. The van der Waals surface area contributed by atoms with Crippen molar-refractivity contribution in [2.75, 3.05) is 5.75 Å². The largest absolute Gasteiger partial charge is 0.417 e. The highest BCUT2D eigenvalue weighted by Crippen LogP contribution is 2.48. The Bertz CT molecular complexity index is 1020. The van der Waals surface area contributed by atoms with Crippen LogP contribution < -0.4 is 5.32 Å². The minimum atomic E-state index is -4.61. The minimum Gasteiger partial charge on any atom is -0.361 e. The van der Waals surface area contributed by atoms with Gasteiger partial charge in [0.05, 0.1) is 27.2 Å². The number of benzene rings is 1. The average molecular weight is 418 g/mol. The van der Waals surface area contributed by atoms with Crippen molar-refractivity contribution in [3.63, 3.8) is 0 Å². The van der Waals surface area contributed by atoms with Crippen LogP contribution >= 0.6 is 11.6 Å². The Balaban J connectivity index is 1.91. The third kappa shape index (κ3) is 2.99. The van der Waals surface area contributed by atoms with Gasteiger partial charge in [-0.3, -0.25) is 4.79 Å². The molecule has 0 radical (unpaired) electrons. The summed E-state index contributed by atoms with van der Waals surface area (Å²) >= 11 is 5.86. The van der Waals surface area contributed by atoms with Crippen LogP contribution in [-0.4, -0.2) is 20.0 Å². The summed E-state index contributed by atoms with van der Waals surface area (Å²) in [5, 5.41) is 2.59. The summed E-state index contributed by atoms with van der Waals surface area (Å²) in [6.07, 6.45) is -2.77. The number of carbonyl (C=O) groups is 1. The lowest BCUT2D eigenvalue weighted by Crippen LogP contribution is -2.32. The zero-order chi connectivity index (χ0) is 19.6. The van der Waals surface area contributed by atoms with Crippen molar-refractivity contribution >= 4 is 27.2 Å². The van der Waals surface area contributed by atoms with E-state index in [4.69, 9.17) is 11.6 Å². The second-order valence-corrected chi connectivity index (χ2v) is 9.36. The first-order valence-electron chi connectivity index (χ1n) is 8.45. The lowest BCUT2D eigenvalue weighted by atomic mass is 9.79. The summed E-state index contributed by atoms with van der Waals surface area (Å²) in [4.78, 5) is 12.7. The molecule has 27 heavy (non-hydrogen) atoms. The van der Waals surface area contributed by atoms with Crippen LogP contribution in [0.2, 0.25) is 5.02 Å². The summed E-state index contributed by atoms with van der Waals surface area (Å²) < 4.78 is 64.3. The number of nitrogens with one attached hydrogen (secondary N) is 1. The lowest BCUT2D eigenvalue weighted by molar-refractivity contribution is -0.137. The summed E-state index contributed by atoms with van der Waals surface area (Å²) in [5.41, 5.74) is 0.832. The molecule has 4 nitrogen and oxygen atoms in total. The van der Waals surface area contributed by atoms with Crippen LogP contribution in [0.25, 0.3) is 0 Å². The van der Waals surface area contributed by atoms with E-state index in [1.165, 1.54) is 6.07 Å². The van der Waals surface area contributed by atoms with E-state index in [-0.39, 0.29) is 28.4 Å². The predicted molar refractivity (Wildman–Crippen MR) is 93.6 cm³/mol. The number of alkyl halides is 3. The standard InChI is InChI=1S/C18H15ClF3NO3S/c19-11-8-9(4-5-10(11)18(20,21)22)15-16-12(2-1-3-14(16)24)23-13-6-7-27(25,26)17(13)15/h4-5,8,15,23H,1-3,6-7H2. The quantitative estimate of drug-likeness (QED) is 0.747. The molecule has 0 spiro atoms. The fraction of sp³-hybridized carbons (Fsp3) is 0.389. The van der Waals surface area contributed by atoms with Gasteiger partial charge in [-0.05, 0) is 30.5 Å². The number of halogens is 4. The van der Waals surface area contributed by atoms with Crippen LogP contribution in [0.5, 0.6) is 0 Å². The Morgan fingerprint density at radius 3 is 2.52 bits per heavy atom. The number of hydrogen-bond acceptors (Lipinski definition) is 4.